The third kappa shape index (κ3) is 5.52. The van der Waals surface area contributed by atoms with E-state index in [0.717, 1.165) is 5.56 Å². The summed E-state index contributed by atoms with van der Waals surface area (Å²) in [5.41, 5.74) is 1.30. The smallest absolute Gasteiger partial charge is 0.266 e. The molecule has 0 aliphatic carbocycles. The summed E-state index contributed by atoms with van der Waals surface area (Å²) in [5.74, 6) is -1.74. The van der Waals surface area contributed by atoms with Gasteiger partial charge in [0.05, 0.1) is 10.9 Å². The first kappa shape index (κ1) is 20.8. The molecular weight excluding hydrogens is 408 g/mol. The number of carbonyl (C=O) groups excluding carboxylic acids is 3. The summed E-state index contributed by atoms with van der Waals surface area (Å²) in [6, 6.07) is 15.4. The molecule has 2 amide bonds. The standard InChI is InChI=1S/C21H18N2O4S2/c24-18(22-16-9-4-8-15(13-16)20(26)27)10-5-11-23-19(25)17(29-21(23)28)12-14-6-2-1-3-7-14/h1-4,6-9,12-13H,5,10-11H2,(H,22,24)(H,26,27)/p-1. The van der Waals surface area contributed by atoms with E-state index < -0.39 is 5.97 Å². The van der Waals surface area contributed by atoms with Gasteiger partial charge in [-0.25, -0.2) is 0 Å². The summed E-state index contributed by atoms with van der Waals surface area (Å²) < 4.78 is 0.472. The number of hydrogen-bond acceptors (Lipinski definition) is 6. The summed E-state index contributed by atoms with van der Waals surface area (Å²) >= 11 is 6.55. The average Bonchev–Trinajstić information content (AvgIpc) is 2.96. The molecule has 0 aromatic heterocycles. The molecule has 1 fully saturated rings. The average molecular weight is 426 g/mol. The Labute approximate surface area is 177 Å². The zero-order valence-corrected chi connectivity index (χ0v) is 16.9. The Morgan fingerprint density at radius 2 is 1.90 bits per heavy atom. The summed E-state index contributed by atoms with van der Waals surface area (Å²) in [6.07, 6.45) is 2.40. The van der Waals surface area contributed by atoms with Gasteiger partial charge in [-0.2, -0.15) is 0 Å². The van der Waals surface area contributed by atoms with E-state index in [0.29, 0.717) is 27.9 Å². The van der Waals surface area contributed by atoms with Crippen molar-refractivity contribution in [2.24, 2.45) is 0 Å². The maximum atomic E-state index is 12.6. The quantitative estimate of drug-likeness (QED) is 0.542. The van der Waals surface area contributed by atoms with Crippen molar-refractivity contribution in [1.29, 1.82) is 0 Å². The Balaban J connectivity index is 1.52. The molecular formula is C21H17N2O4S2-. The predicted octanol–water partition coefficient (Wildman–Crippen LogP) is 2.67. The normalized spacial score (nSPS) is 15.0. The molecule has 0 radical (unpaired) electrons. The van der Waals surface area contributed by atoms with Crippen LogP contribution in [-0.4, -0.2) is 33.5 Å². The van der Waals surface area contributed by atoms with E-state index in [-0.39, 0.29) is 23.8 Å². The number of amides is 2. The van der Waals surface area contributed by atoms with Crippen LogP contribution in [0.2, 0.25) is 0 Å². The van der Waals surface area contributed by atoms with Crippen LogP contribution in [0.25, 0.3) is 6.08 Å². The van der Waals surface area contributed by atoms with E-state index in [1.807, 2.05) is 30.3 Å². The van der Waals surface area contributed by atoms with Crippen LogP contribution < -0.4 is 10.4 Å². The van der Waals surface area contributed by atoms with E-state index in [1.165, 1.54) is 34.9 Å². The maximum absolute atomic E-state index is 12.6. The van der Waals surface area contributed by atoms with E-state index >= 15 is 0 Å². The lowest BCUT2D eigenvalue weighted by molar-refractivity contribution is -0.255. The lowest BCUT2D eigenvalue weighted by Crippen LogP contribution is -2.29. The van der Waals surface area contributed by atoms with Crippen molar-refractivity contribution < 1.29 is 19.5 Å². The van der Waals surface area contributed by atoms with Crippen molar-refractivity contribution >= 4 is 57.8 Å². The first-order valence-corrected chi connectivity index (χ1v) is 10.1. The highest BCUT2D eigenvalue weighted by Crippen LogP contribution is 2.32. The summed E-state index contributed by atoms with van der Waals surface area (Å²) in [6.45, 7) is 0.337. The highest BCUT2D eigenvalue weighted by Gasteiger charge is 2.31. The molecule has 3 rings (SSSR count). The number of carboxylic acids is 1. The van der Waals surface area contributed by atoms with Crippen molar-refractivity contribution in [2.45, 2.75) is 12.8 Å². The largest absolute Gasteiger partial charge is 0.545 e. The lowest BCUT2D eigenvalue weighted by atomic mass is 10.2. The highest BCUT2D eigenvalue weighted by atomic mass is 32.2. The van der Waals surface area contributed by atoms with Gasteiger partial charge in [0.2, 0.25) is 5.91 Å². The van der Waals surface area contributed by atoms with Gasteiger partial charge >= 0.3 is 0 Å². The van der Waals surface area contributed by atoms with Crippen LogP contribution in [0, 0.1) is 0 Å². The number of anilines is 1. The molecule has 2 aromatic rings. The Morgan fingerprint density at radius 1 is 1.14 bits per heavy atom. The van der Waals surface area contributed by atoms with Crippen LogP contribution in [0.3, 0.4) is 0 Å². The highest BCUT2D eigenvalue weighted by molar-refractivity contribution is 8.26. The fourth-order valence-corrected chi connectivity index (χ4v) is 4.05. The van der Waals surface area contributed by atoms with Gasteiger partial charge in [0.1, 0.15) is 4.32 Å². The maximum Gasteiger partial charge on any atom is 0.266 e. The van der Waals surface area contributed by atoms with Gasteiger partial charge in [0.25, 0.3) is 5.91 Å². The Morgan fingerprint density at radius 3 is 2.62 bits per heavy atom. The Bertz CT molecular complexity index is 989. The van der Waals surface area contributed by atoms with Gasteiger partial charge < -0.3 is 15.2 Å². The van der Waals surface area contributed by atoms with Crippen molar-refractivity contribution in [3.05, 3.63) is 70.6 Å². The molecule has 148 valence electrons. The van der Waals surface area contributed by atoms with Crippen molar-refractivity contribution in [3.63, 3.8) is 0 Å². The second-order valence-electron chi connectivity index (χ2n) is 6.26. The summed E-state index contributed by atoms with van der Waals surface area (Å²) in [7, 11) is 0. The van der Waals surface area contributed by atoms with Gasteiger partial charge in [-0.3, -0.25) is 14.5 Å². The van der Waals surface area contributed by atoms with Gasteiger partial charge in [0, 0.05) is 18.7 Å². The Hall–Kier alpha value is -2.97. The molecule has 0 unspecified atom stereocenters. The number of thiocarbonyl (C=S) groups is 1. The SMILES string of the molecule is O=C(CCCN1C(=O)C(=Cc2ccccc2)SC1=S)Nc1cccc(C(=O)[O-])c1. The summed E-state index contributed by atoms with van der Waals surface area (Å²) in [5, 5.41) is 13.5. The zero-order chi connectivity index (χ0) is 20.8. The number of carboxylic acid groups (broad SMARTS) is 1. The number of benzene rings is 2. The molecule has 1 aliphatic rings. The molecule has 1 N–H and O–H groups in total. The van der Waals surface area contributed by atoms with Crippen LogP contribution >= 0.6 is 24.0 Å². The van der Waals surface area contributed by atoms with Crippen molar-refractivity contribution in [3.8, 4) is 0 Å². The predicted molar refractivity (Wildman–Crippen MR) is 115 cm³/mol. The molecule has 1 saturated heterocycles. The van der Waals surface area contributed by atoms with Gasteiger partial charge in [-0.05, 0) is 35.8 Å². The van der Waals surface area contributed by atoms with Crippen LogP contribution in [0.5, 0.6) is 0 Å². The van der Waals surface area contributed by atoms with Crippen LogP contribution in [0.1, 0.15) is 28.8 Å². The molecule has 1 heterocycles. The molecule has 6 nitrogen and oxygen atoms in total. The topological polar surface area (TPSA) is 89.5 Å². The minimum atomic E-state index is -1.31. The number of thioether (sulfide) groups is 1. The molecule has 0 spiro atoms. The number of carbonyl (C=O) groups is 3. The molecule has 0 saturated carbocycles. The third-order valence-electron chi connectivity index (χ3n) is 4.14. The van der Waals surface area contributed by atoms with Crippen LogP contribution in [-0.2, 0) is 9.59 Å². The molecule has 29 heavy (non-hydrogen) atoms. The van der Waals surface area contributed by atoms with Gasteiger partial charge in [0.15, 0.2) is 0 Å². The molecule has 1 aliphatic heterocycles. The fraction of sp³-hybridized carbons (Fsp3) is 0.143. The second-order valence-corrected chi connectivity index (χ2v) is 7.94. The number of aromatic carboxylic acids is 1. The number of nitrogens with one attached hydrogen (secondary N) is 1. The van der Waals surface area contributed by atoms with E-state index in [9.17, 15) is 19.5 Å². The monoisotopic (exact) mass is 425 g/mol. The number of rotatable bonds is 7. The molecule has 0 bridgehead atoms. The van der Waals surface area contributed by atoms with Crippen LogP contribution in [0.15, 0.2) is 59.5 Å². The minimum absolute atomic E-state index is 0.00873. The van der Waals surface area contributed by atoms with Gasteiger partial charge in [-0.1, -0.05) is 66.4 Å². The van der Waals surface area contributed by atoms with Gasteiger partial charge in [-0.15, -0.1) is 0 Å². The van der Waals surface area contributed by atoms with Crippen LogP contribution in [0.4, 0.5) is 5.69 Å². The third-order valence-corrected chi connectivity index (χ3v) is 5.52. The molecule has 0 atom stereocenters. The van der Waals surface area contributed by atoms with Crippen molar-refractivity contribution in [1.82, 2.24) is 4.90 Å². The Kier molecular flexibility index (Phi) is 6.79. The van der Waals surface area contributed by atoms with E-state index in [4.69, 9.17) is 12.2 Å². The zero-order valence-electron chi connectivity index (χ0n) is 15.3. The first-order chi connectivity index (χ1) is 13.9. The number of hydrogen-bond donors (Lipinski definition) is 1. The first-order valence-electron chi connectivity index (χ1n) is 8.86. The minimum Gasteiger partial charge on any atom is -0.545 e. The second kappa shape index (κ2) is 9.49. The summed E-state index contributed by atoms with van der Waals surface area (Å²) in [4.78, 5) is 37.6. The number of nitrogens with zero attached hydrogens (tertiary/aromatic N) is 1. The van der Waals surface area contributed by atoms with E-state index in [2.05, 4.69) is 5.32 Å². The fourth-order valence-electron chi connectivity index (χ4n) is 2.74. The molecule has 2 aromatic carbocycles. The molecule has 8 heteroatoms. The van der Waals surface area contributed by atoms with E-state index in [1.54, 1.807) is 12.1 Å². The lowest BCUT2D eigenvalue weighted by Gasteiger charge is -2.14. The van der Waals surface area contributed by atoms with Crippen molar-refractivity contribution in [2.75, 3.05) is 11.9 Å².